The van der Waals surface area contributed by atoms with Crippen molar-refractivity contribution < 1.29 is 9.84 Å². The third-order valence-electron chi connectivity index (χ3n) is 5.52. The van der Waals surface area contributed by atoms with Crippen molar-refractivity contribution in [3.8, 4) is 17.0 Å². The Labute approximate surface area is 170 Å². The predicted molar refractivity (Wildman–Crippen MR) is 111 cm³/mol. The molecule has 0 amide bonds. The van der Waals surface area contributed by atoms with Crippen LogP contribution in [0.25, 0.3) is 11.3 Å². The first kappa shape index (κ1) is 19.3. The molecule has 0 radical (unpaired) electrons. The molecule has 1 saturated heterocycles. The average Bonchev–Trinajstić information content (AvgIpc) is 2.76. The number of hydrogen-bond acceptors (Lipinski definition) is 7. The second-order valence-electron chi connectivity index (χ2n) is 7.41. The molecule has 150 valence electrons. The lowest BCUT2D eigenvalue weighted by molar-refractivity contribution is -0.0279. The molecule has 3 N–H and O–H groups in total. The minimum Gasteiger partial charge on any atom is -0.496 e. The number of piperidine rings is 1. The van der Waals surface area contributed by atoms with E-state index in [2.05, 4.69) is 32.0 Å². The zero-order chi connectivity index (χ0) is 20.3. The molecule has 0 atom stereocenters. The van der Waals surface area contributed by atoms with E-state index in [1.54, 1.807) is 25.6 Å². The molecule has 0 aliphatic carbocycles. The molecular formula is C22H25N5O2. The van der Waals surface area contributed by atoms with Gasteiger partial charge in [0.15, 0.2) is 0 Å². The highest BCUT2D eigenvalue weighted by molar-refractivity contribution is 5.69. The highest BCUT2D eigenvalue weighted by Crippen LogP contribution is 2.34. The summed E-state index contributed by atoms with van der Waals surface area (Å²) in [5.41, 5.74) is 8.70. The number of nitrogens with zero attached hydrogens (tertiary/aromatic N) is 4. The van der Waals surface area contributed by atoms with Crippen LogP contribution in [0.3, 0.4) is 0 Å². The van der Waals surface area contributed by atoms with Crippen molar-refractivity contribution in [1.82, 2.24) is 19.9 Å². The molecule has 0 bridgehead atoms. The number of benzene rings is 1. The fourth-order valence-corrected chi connectivity index (χ4v) is 3.84. The molecule has 4 rings (SSSR count). The fourth-order valence-electron chi connectivity index (χ4n) is 3.84. The summed E-state index contributed by atoms with van der Waals surface area (Å²) in [5, 5.41) is 11.0. The van der Waals surface area contributed by atoms with Gasteiger partial charge in [-0.2, -0.15) is 0 Å². The van der Waals surface area contributed by atoms with Crippen molar-refractivity contribution >= 4 is 5.82 Å². The second-order valence-corrected chi connectivity index (χ2v) is 7.41. The van der Waals surface area contributed by atoms with Gasteiger partial charge in [-0.1, -0.05) is 12.1 Å². The van der Waals surface area contributed by atoms with E-state index in [1.807, 2.05) is 18.2 Å². The number of methoxy groups -OCH3 is 1. The Hall–Kier alpha value is -3.03. The summed E-state index contributed by atoms with van der Waals surface area (Å²) >= 11 is 0. The van der Waals surface area contributed by atoms with Crippen LogP contribution < -0.4 is 10.5 Å². The Kier molecular flexibility index (Phi) is 5.42. The molecule has 2 aromatic heterocycles. The minimum absolute atomic E-state index is 0.424. The van der Waals surface area contributed by atoms with Crippen LogP contribution in [-0.2, 0) is 12.1 Å². The first-order valence-corrected chi connectivity index (χ1v) is 9.67. The summed E-state index contributed by atoms with van der Waals surface area (Å²) in [6, 6.07) is 11.7. The Bertz CT molecular complexity index is 972. The Balaban J connectivity index is 1.49. The van der Waals surface area contributed by atoms with Gasteiger partial charge in [0, 0.05) is 49.2 Å². The second kappa shape index (κ2) is 8.14. The van der Waals surface area contributed by atoms with Crippen LogP contribution in [0, 0.1) is 0 Å². The number of aliphatic hydroxyl groups is 1. The first-order valence-electron chi connectivity index (χ1n) is 9.67. The van der Waals surface area contributed by atoms with E-state index in [0.717, 1.165) is 47.8 Å². The number of rotatable bonds is 5. The Morgan fingerprint density at radius 3 is 2.69 bits per heavy atom. The molecule has 0 spiro atoms. The standard InChI is InChI=1S/C22H25N5O2/c1-29-20-5-4-16(11-18(20)19-12-21(23)26-15-25-19)14-27-9-6-22(28,7-10-27)17-3-2-8-24-13-17/h2-5,8,11-13,15,28H,6-7,9-10,14H2,1H3,(H2,23,25,26). The van der Waals surface area contributed by atoms with Crippen molar-refractivity contribution in [2.24, 2.45) is 0 Å². The molecule has 1 fully saturated rings. The van der Waals surface area contributed by atoms with Crippen LogP contribution in [0.2, 0.25) is 0 Å². The summed E-state index contributed by atoms with van der Waals surface area (Å²) in [6.07, 6.45) is 6.32. The molecule has 1 aliphatic heterocycles. The first-order chi connectivity index (χ1) is 14.1. The molecule has 1 aromatic carbocycles. The number of hydrogen-bond donors (Lipinski definition) is 2. The summed E-state index contributed by atoms with van der Waals surface area (Å²) in [6.45, 7) is 2.42. The number of likely N-dealkylation sites (tertiary alicyclic amines) is 1. The van der Waals surface area contributed by atoms with Crippen LogP contribution in [-0.4, -0.2) is 45.2 Å². The highest BCUT2D eigenvalue weighted by Gasteiger charge is 2.34. The van der Waals surface area contributed by atoms with E-state index in [4.69, 9.17) is 10.5 Å². The third-order valence-corrected chi connectivity index (χ3v) is 5.52. The van der Waals surface area contributed by atoms with E-state index in [9.17, 15) is 5.11 Å². The highest BCUT2D eigenvalue weighted by atomic mass is 16.5. The normalized spacial score (nSPS) is 16.5. The molecular weight excluding hydrogens is 366 g/mol. The van der Waals surface area contributed by atoms with Crippen LogP contribution in [0.4, 0.5) is 5.82 Å². The molecule has 0 saturated carbocycles. The van der Waals surface area contributed by atoms with Gasteiger partial charge in [0.2, 0.25) is 0 Å². The smallest absolute Gasteiger partial charge is 0.128 e. The number of ether oxygens (including phenoxy) is 1. The maximum absolute atomic E-state index is 11.0. The largest absolute Gasteiger partial charge is 0.496 e. The third kappa shape index (κ3) is 4.21. The molecule has 1 aliphatic rings. The summed E-state index contributed by atoms with van der Waals surface area (Å²) in [7, 11) is 1.65. The van der Waals surface area contributed by atoms with Gasteiger partial charge in [0.25, 0.3) is 0 Å². The van der Waals surface area contributed by atoms with Gasteiger partial charge < -0.3 is 15.6 Å². The Morgan fingerprint density at radius 2 is 2.00 bits per heavy atom. The molecule has 3 heterocycles. The van der Waals surface area contributed by atoms with E-state index in [0.29, 0.717) is 18.7 Å². The zero-order valence-corrected chi connectivity index (χ0v) is 16.5. The predicted octanol–water partition coefficient (Wildman–Crippen LogP) is 2.61. The van der Waals surface area contributed by atoms with Gasteiger partial charge in [0.05, 0.1) is 18.4 Å². The van der Waals surface area contributed by atoms with Crippen molar-refractivity contribution in [3.63, 3.8) is 0 Å². The van der Waals surface area contributed by atoms with Crippen LogP contribution in [0.15, 0.2) is 55.1 Å². The van der Waals surface area contributed by atoms with Gasteiger partial charge in [-0.15, -0.1) is 0 Å². The summed E-state index contributed by atoms with van der Waals surface area (Å²) in [5.74, 6) is 1.17. The van der Waals surface area contributed by atoms with Crippen molar-refractivity contribution in [2.45, 2.75) is 25.0 Å². The van der Waals surface area contributed by atoms with Gasteiger partial charge in [-0.3, -0.25) is 9.88 Å². The number of anilines is 1. The maximum Gasteiger partial charge on any atom is 0.128 e. The number of aromatic nitrogens is 3. The maximum atomic E-state index is 11.0. The van der Waals surface area contributed by atoms with Crippen molar-refractivity contribution in [1.29, 1.82) is 0 Å². The van der Waals surface area contributed by atoms with Crippen LogP contribution in [0.1, 0.15) is 24.0 Å². The number of nitrogen functional groups attached to an aromatic ring is 1. The van der Waals surface area contributed by atoms with Crippen LogP contribution in [0.5, 0.6) is 5.75 Å². The summed E-state index contributed by atoms with van der Waals surface area (Å²) < 4.78 is 5.51. The van der Waals surface area contributed by atoms with Gasteiger partial charge >= 0.3 is 0 Å². The van der Waals surface area contributed by atoms with Gasteiger partial charge in [-0.05, 0) is 36.6 Å². The topological polar surface area (TPSA) is 97.4 Å². The molecule has 29 heavy (non-hydrogen) atoms. The lowest BCUT2D eigenvalue weighted by atomic mass is 9.85. The monoisotopic (exact) mass is 391 g/mol. The Morgan fingerprint density at radius 1 is 1.17 bits per heavy atom. The SMILES string of the molecule is COc1ccc(CN2CCC(O)(c3cccnc3)CC2)cc1-c1cc(N)ncn1. The fraction of sp³-hybridized carbons (Fsp3) is 0.318. The van der Waals surface area contributed by atoms with Gasteiger partial charge in [-0.25, -0.2) is 9.97 Å². The van der Waals surface area contributed by atoms with E-state index in [1.165, 1.54) is 6.33 Å². The van der Waals surface area contributed by atoms with E-state index < -0.39 is 5.60 Å². The molecule has 3 aromatic rings. The zero-order valence-electron chi connectivity index (χ0n) is 16.5. The lowest BCUT2D eigenvalue weighted by Crippen LogP contribution is -2.42. The number of pyridine rings is 1. The number of nitrogens with two attached hydrogens (primary N) is 1. The molecule has 0 unspecified atom stereocenters. The lowest BCUT2D eigenvalue weighted by Gasteiger charge is -2.38. The van der Waals surface area contributed by atoms with E-state index in [-0.39, 0.29) is 0 Å². The minimum atomic E-state index is -0.797. The molecule has 7 heteroatoms. The average molecular weight is 391 g/mol. The quantitative estimate of drug-likeness (QED) is 0.690. The van der Waals surface area contributed by atoms with Crippen molar-refractivity contribution in [3.05, 3.63) is 66.2 Å². The summed E-state index contributed by atoms with van der Waals surface area (Å²) in [4.78, 5) is 14.8. The van der Waals surface area contributed by atoms with Crippen molar-refractivity contribution in [2.75, 3.05) is 25.9 Å². The van der Waals surface area contributed by atoms with Crippen LogP contribution >= 0.6 is 0 Å². The van der Waals surface area contributed by atoms with Gasteiger partial charge in [0.1, 0.15) is 17.9 Å². The molecule has 7 nitrogen and oxygen atoms in total. The van der Waals surface area contributed by atoms with E-state index >= 15 is 0 Å².